The standard InChI is InChI=1S/C12H23NO7/c1-2-3-4-5-6-13-11(18)9(16)7(14)8(15)10(17)12(19)20/h7-10,14-17H,2-6H2,1H3,(H,13,18)(H,19,20). The number of amides is 1. The van der Waals surface area contributed by atoms with Crippen molar-refractivity contribution in [3.8, 4) is 0 Å². The van der Waals surface area contributed by atoms with Crippen molar-refractivity contribution in [2.45, 2.75) is 57.0 Å². The van der Waals surface area contributed by atoms with Gasteiger partial charge in [-0.05, 0) is 6.42 Å². The van der Waals surface area contributed by atoms with Gasteiger partial charge in [0.1, 0.15) is 12.2 Å². The molecule has 8 nitrogen and oxygen atoms in total. The lowest BCUT2D eigenvalue weighted by Gasteiger charge is -2.23. The molecule has 0 heterocycles. The first kappa shape index (κ1) is 18.8. The first-order valence-electron chi connectivity index (χ1n) is 6.55. The first-order chi connectivity index (χ1) is 9.32. The Bertz CT molecular complexity index is 310. The summed E-state index contributed by atoms with van der Waals surface area (Å²) in [6, 6.07) is 0. The number of carbonyl (C=O) groups excluding carboxylic acids is 1. The Labute approximate surface area is 117 Å². The van der Waals surface area contributed by atoms with Gasteiger partial charge in [-0.1, -0.05) is 26.2 Å². The van der Waals surface area contributed by atoms with Crippen molar-refractivity contribution in [2.24, 2.45) is 0 Å². The normalized spacial score (nSPS) is 17.1. The molecule has 0 saturated heterocycles. The van der Waals surface area contributed by atoms with Crippen LogP contribution in [0, 0.1) is 0 Å². The molecule has 0 aliphatic carbocycles. The minimum Gasteiger partial charge on any atom is -0.479 e. The molecule has 0 aliphatic heterocycles. The molecule has 118 valence electrons. The lowest BCUT2D eigenvalue weighted by atomic mass is 10.0. The molecule has 0 radical (unpaired) electrons. The Morgan fingerprint density at radius 1 is 0.950 bits per heavy atom. The molecule has 0 rings (SSSR count). The maximum absolute atomic E-state index is 11.5. The molecular weight excluding hydrogens is 270 g/mol. The van der Waals surface area contributed by atoms with Crippen LogP contribution < -0.4 is 5.32 Å². The van der Waals surface area contributed by atoms with Crippen molar-refractivity contribution in [1.29, 1.82) is 0 Å². The van der Waals surface area contributed by atoms with Crippen molar-refractivity contribution in [3.63, 3.8) is 0 Å². The van der Waals surface area contributed by atoms with Gasteiger partial charge in [0.05, 0.1) is 0 Å². The molecule has 8 heteroatoms. The third-order valence-corrected chi connectivity index (χ3v) is 2.85. The van der Waals surface area contributed by atoms with E-state index in [2.05, 4.69) is 5.32 Å². The molecule has 0 aromatic heterocycles. The van der Waals surface area contributed by atoms with E-state index in [4.69, 9.17) is 10.2 Å². The fraction of sp³-hybridized carbons (Fsp3) is 0.833. The Hall–Kier alpha value is -1.22. The van der Waals surface area contributed by atoms with Crippen molar-refractivity contribution < 1.29 is 35.1 Å². The number of aliphatic hydroxyl groups excluding tert-OH is 4. The first-order valence-corrected chi connectivity index (χ1v) is 6.55. The maximum atomic E-state index is 11.5. The molecule has 1 amide bonds. The fourth-order valence-corrected chi connectivity index (χ4v) is 1.54. The zero-order valence-corrected chi connectivity index (χ0v) is 11.4. The third-order valence-electron chi connectivity index (χ3n) is 2.85. The van der Waals surface area contributed by atoms with E-state index in [9.17, 15) is 24.9 Å². The summed E-state index contributed by atoms with van der Waals surface area (Å²) < 4.78 is 0. The Morgan fingerprint density at radius 2 is 1.50 bits per heavy atom. The summed E-state index contributed by atoms with van der Waals surface area (Å²) in [5.74, 6) is -2.69. The molecule has 4 unspecified atom stereocenters. The monoisotopic (exact) mass is 293 g/mol. The smallest absolute Gasteiger partial charge is 0.335 e. The Morgan fingerprint density at radius 3 is 2.00 bits per heavy atom. The van der Waals surface area contributed by atoms with E-state index in [0.29, 0.717) is 13.0 Å². The minimum atomic E-state index is -2.28. The van der Waals surface area contributed by atoms with Gasteiger partial charge in [-0.15, -0.1) is 0 Å². The van der Waals surface area contributed by atoms with E-state index in [1.807, 2.05) is 6.92 Å². The van der Waals surface area contributed by atoms with Gasteiger partial charge in [0.2, 0.25) is 0 Å². The molecule has 4 atom stereocenters. The van der Waals surface area contributed by atoms with Crippen LogP contribution in [0.25, 0.3) is 0 Å². The highest BCUT2D eigenvalue weighted by molar-refractivity contribution is 5.81. The van der Waals surface area contributed by atoms with Gasteiger partial charge in [0, 0.05) is 6.54 Å². The summed E-state index contributed by atoms with van der Waals surface area (Å²) in [6.07, 6.45) is -4.86. The van der Waals surface area contributed by atoms with Crippen LogP contribution >= 0.6 is 0 Å². The number of carboxylic acids is 1. The number of hydrogen-bond acceptors (Lipinski definition) is 6. The minimum absolute atomic E-state index is 0.306. The van der Waals surface area contributed by atoms with Crippen molar-refractivity contribution in [1.82, 2.24) is 5.32 Å². The van der Waals surface area contributed by atoms with E-state index in [-0.39, 0.29) is 0 Å². The van der Waals surface area contributed by atoms with Gasteiger partial charge >= 0.3 is 5.97 Å². The van der Waals surface area contributed by atoms with E-state index in [0.717, 1.165) is 19.3 Å². The second-order valence-corrected chi connectivity index (χ2v) is 4.56. The van der Waals surface area contributed by atoms with Crippen LogP contribution in [0.2, 0.25) is 0 Å². The number of aliphatic carboxylic acids is 1. The number of nitrogens with one attached hydrogen (secondary N) is 1. The molecule has 0 fully saturated rings. The Balaban J connectivity index is 4.18. The van der Waals surface area contributed by atoms with Gasteiger partial charge in [0.15, 0.2) is 12.2 Å². The number of rotatable bonds is 10. The summed E-state index contributed by atoms with van der Waals surface area (Å²) in [7, 11) is 0. The molecular formula is C12H23NO7. The third kappa shape index (κ3) is 6.29. The number of hydrogen-bond donors (Lipinski definition) is 6. The van der Waals surface area contributed by atoms with Gasteiger partial charge < -0.3 is 30.8 Å². The van der Waals surface area contributed by atoms with Crippen molar-refractivity contribution in [2.75, 3.05) is 6.54 Å². The predicted molar refractivity (Wildman–Crippen MR) is 68.8 cm³/mol. The number of unbranched alkanes of at least 4 members (excludes halogenated alkanes) is 3. The summed E-state index contributed by atoms with van der Waals surface area (Å²) in [5, 5.41) is 48.0. The van der Waals surface area contributed by atoms with E-state index in [1.165, 1.54) is 0 Å². The van der Waals surface area contributed by atoms with Crippen LogP contribution in [0.1, 0.15) is 32.6 Å². The number of aliphatic hydroxyl groups is 4. The molecule has 0 bridgehead atoms. The second-order valence-electron chi connectivity index (χ2n) is 4.56. The van der Waals surface area contributed by atoms with E-state index in [1.54, 1.807) is 0 Å². The molecule has 20 heavy (non-hydrogen) atoms. The lowest BCUT2D eigenvalue weighted by molar-refractivity contribution is -0.166. The van der Waals surface area contributed by atoms with E-state index >= 15 is 0 Å². The topological polar surface area (TPSA) is 147 Å². The largest absolute Gasteiger partial charge is 0.479 e. The van der Waals surface area contributed by atoms with Gasteiger partial charge in [-0.2, -0.15) is 0 Å². The van der Waals surface area contributed by atoms with Crippen LogP contribution in [0.15, 0.2) is 0 Å². The van der Waals surface area contributed by atoms with Crippen LogP contribution in [0.3, 0.4) is 0 Å². The average molecular weight is 293 g/mol. The number of carboxylic acid groups (broad SMARTS) is 1. The summed E-state index contributed by atoms with van der Waals surface area (Å²) in [6.45, 7) is 2.34. The predicted octanol–water partition coefficient (Wildman–Crippen LogP) is -1.79. The maximum Gasteiger partial charge on any atom is 0.335 e. The molecule has 0 spiro atoms. The summed E-state index contributed by atoms with van der Waals surface area (Å²) >= 11 is 0. The Kier molecular flexibility index (Phi) is 9.06. The zero-order chi connectivity index (χ0) is 15.7. The van der Waals surface area contributed by atoms with Gasteiger partial charge in [-0.25, -0.2) is 4.79 Å². The van der Waals surface area contributed by atoms with E-state index < -0.39 is 36.3 Å². The zero-order valence-electron chi connectivity index (χ0n) is 11.4. The fourth-order valence-electron chi connectivity index (χ4n) is 1.54. The summed E-state index contributed by atoms with van der Waals surface area (Å²) in [5.41, 5.74) is 0. The molecule has 0 aromatic carbocycles. The van der Waals surface area contributed by atoms with Gasteiger partial charge in [0.25, 0.3) is 5.91 Å². The molecule has 0 aromatic rings. The highest BCUT2D eigenvalue weighted by Gasteiger charge is 2.37. The molecule has 6 N–H and O–H groups in total. The second kappa shape index (κ2) is 9.65. The summed E-state index contributed by atoms with van der Waals surface area (Å²) in [4.78, 5) is 21.9. The lowest BCUT2D eigenvalue weighted by Crippen LogP contribution is -2.52. The van der Waals surface area contributed by atoms with Crippen molar-refractivity contribution in [3.05, 3.63) is 0 Å². The SMILES string of the molecule is CCCCCCNC(=O)C(O)C(O)C(O)C(O)C(=O)O. The van der Waals surface area contributed by atoms with Gasteiger partial charge in [-0.3, -0.25) is 4.79 Å². The molecule has 0 aliphatic rings. The highest BCUT2D eigenvalue weighted by Crippen LogP contribution is 2.06. The quantitative estimate of drug-likeness (QED) is 0.261. The van der Waals surface area contributed by atoms with Crippen LogP contribution in [0.5, 0.6) is 0 Å². The highest BCUT2D eigenvalue weighted by atomic mass is 16.4. The van der Waals surface area contributed by atoms with Crippen molar-refractivity contribution >= 4 is 11.9 Å². The number of carbonyl (C=O) groups is 2. The molecule has 0 saturated carbocycles. The van der Waals surface area contributed by atoms with Crippen LogP contribution in [-0.4, -0.2) is 68.4 Å². The van der Waals surface area contributed by atoms with Crippen LogP contribution in [-0.2, 0) is 9.59 Å². The average Bonchev–Trinajstić information content (AvgIpc) is 2.43. The van der Waals surface area contributed by atoms with Crippen LogP contribution in [0.4, 0.5) is 0 Å².